The first-order valence-electron chi connectivity index (χ1n) is 6.58. The lowest BCUT2D eigenvalue weighted by Gasteiger charge is -2.29. The van der Waals surface area contributed by atoms with Crippen LogP contribution in [0.5, 0.6) is 0 Å². The highest BCUT2D eigenvalue weighted by Gasteiger charge is 2.32. The third-order valence-corrected chi connectivity index (χ3v) is 3.18. The largest absolute Gasteiger partial charge is 0.449 e. The number of halogens is 3. The van der Waals surface area contributed by atoms with E-state index in [1.165, 1.54) is 11.0 Å². The molecule has 0 unspecified atom stereocenters. The summed E-state index contributed by atoms with van der Waals surface area (Å²) in [7, 11) is 0. The van der Waals surface area contributed by atoms with E-state index in [-0.39, 0.29) is 0 Å². The van der Waals surface area contributed by atoms with Gasteiger partial charge >= 0.3 is 12.3 Å². The second kappa shape index (κ2) is 5.73. The normalized spacial score (nSPS) is 14.9. The van der Waals surface area contributed by atoms with Crippen LogP contribution >= 0.6 is 0 Å². The quantitative estimate of drug-likeness (QED) is 0.822. The number of aryl methyl sites for hydroxylation is 1. The minimum atomic E-state index is -4.36. The number of carbonyl (C=O) groups excluding carboxylic acids is 1. The first-order valence-corrected chi connectivity index (χ1v) is 6.58. The molecule has 1 amide bonds. The zero-order valence-corrected chi connectivity index (χ0v) is 11.2. The standard InChI is InChI=1S/C14H16F3NO2/c1-2-8-20-13(19)18-7-3-4-10-9-11(14(15,16)17)5-6-12(10)18/h5-6,9H,2-4,7-8H2,1H3. The predicted octanol–water partition coefficient (Wildman–Crippen LogP) is 4.00. The molecule has 0 N–H and O–H groups in total. The molecule has 2 rings (SSSR count). The highest BCUT2D eigenvalue weighted by molar-refractivity contribution is 5.89. The topological polar surface area (TPSA) is 29.5 Å². The van der Waals surface area contributed by atoms with Crippen molar-refractivity contribution in [2.45, 2.75) is 32.4 Å². The number of fused-ring (bicyclic) bond motifs is 1. The summed E-state index contributed by atoms with van der Waals surface area (Å²) in [6, 6.07) is 3.48. The van der Waals surface area contributed by atoms with Gasteiger partial charge in [0.2, 0.25) is 0 Å². The van der Waals surface area contributed by atoms with Crippen LogP contribution < -0.4 is 4.90 Å². The van der Waals surface area contributed by atoms with E-state index in [9.17, 15) is 18.0 Å². The molecular formula is C14H16F3NO2. The van der Waals surface area contributed by atoms with Crippen LogP contribution in [0, 0.1) is 0 Å². The van der Waals surface area contributed by atoms with Crippen molar-refractivity contribution in [1.29, 1.82) is 0 Å². The fraction of sp³-hybridized carbons (Fsp3) is 0.500. The van der Waals surface area contributed by atoms with Crippen LogP contribution in [-0.4, -0.2) is 19.2 Å². The smallest absolute Gasteiger partial charge is 0.416 e. The summed E-state index contributed by atoms with van der Waals surface area (Å²) in [6.45, 7) is 2.67. The van der Waals surface area contributed by atoms with E-state index in [4.69, 9.17) is 4.74 Å². The number of alkyl halides is 3. The van der Waals surface area contributed by atoms with Crippen molar-refractivity contribution in [1.82, 2.24) is 0 Å². The summed E-state index contributed by atoms with van der Waals surface area (Å²) >= 11 is 0. The van der Waals surface area contributed by atoms with Gasteiger partial charge in [0.05, 0.1) is 17.9 Å². The van der Waals surface area contributed by atoms with E-state index in [1.54, 1.807) is 0 Å². The lowest BCUT2D eigenvalue weighted by molar-refractivity contribution is -0.137. The predicted molar refractivity (Wildman–Crippen MR) is 68.8 cm³/mol. The number of ether oxygens (including phenoxy) is 1. The van der Waals surface area contributed by atoms with Crippen molar-refractivity contribution in [3.05, 3.63) is 29.3 Å². The van der Waals surface area contributed by atoms with Crippen molar-refractivity contribution in [2.24, 2.45) is 0 Å². The molecule has 0 fully saturated rings. The average molecular weight is 287 g/mol. The molecule has 0 atom stereocenters. The Hall–Kier alpha value is -1.72. The van der Waals surface area contributed by atoms with Gasteiger partial charge in [-0.15, -0.1) is 0 Å². The molecular weight excluding hydrogens is 271 g/mol. The van der Waals surface area contributed by atoms with Crippen LogP contribution in [0.1, 0.15) is 30.9 Å². The van der Waals surface area contributed by atoms with Gasteiger partial charge in [0, 0.05) is 6.54 Å². The zero-order chi connectivity index (χ0) is 14.8. The Morgan fingerprint density at radius 3 is 2.80 bits per heavy atom. The molecule has 0 bridgehead atoms. The molecule has 3 nitrogen and oxygen atoms in total. The molecule has 110 valence electrons. The Morgan fingerprint density at radius 1 is 1.40 bits per heavy atom. The number of anilines is 1. The Bertz CT molecular complexity index is 500. The fourth-order valence-electron chi connectivity index (χ4n) is 2.23. The summed E-state index contributed by atoms with van der Waals surface area (Å²) in [5.74, 6) is 0. The molecule has 0 aromatic heterocycles. The Morgan fingerprint density at radius 2 is 2.15 bits per heavy atom. The van der Waals surface area contributed by atoms with Crippen LogP contribution in [0.15, 0.2) is 18.2 Å². The van der Waals surface area contributed by atoms with E-state index in [0.717, 1.165) is 12.1 Å². The monoisotopic (exact) mass is 287 g/mol. The lowest BCUT2D eigenvalue weighted by Crippen LogP contribution is -2.36. The molecule has 6 heteroatoms. The first kappa shape index (κ1) is 14.7. The molecule has 20 heavy (non-hydrogen) atoms. The molecule has 1 aliphatic heterocycles. The Labute approximate surface area is 115 Å². The van der Waals surface area contributed by atoms with Crippen LogP contribution in [-0.2, 0) is 17.3 Å². The van der Waals surface area contributed by atoms with Crippen molar-refractivity contribution in [3.8, 4) is 0 Å². The van der Waals surface area contributed by atoms with Crippen molar-refractivity contribution < 1.29 is 22.7 Å². The van der Waals surface area contributed by atoms with Gasteiger partial charge in [0.15, 0.2) is 0 Å². The van der Waals surface area contributed by atoms with Crippen LogP contribution in [0.4, 0.5) is 23.7 Å². The van der Waals surface area contributed by atoms with Gasteiger partial charge in [-0.1, -0.05) is 6.92 Å². The minimum Gasteiger partial charge on any atom is -0.449 e. The van der Waals surface area contributed by atoms with Gasteiger partial charge in [-0.2, -0.15) is 13.2 Å². The van der Waals surface area contributed by atoms with Crippen LogP contribution in [0.3, 0.4) is 0 Å². The maximum atomic E-state index is 12.7. The van der Waals surface area contributed by atoms with Crippen LogP contribution in [0.25, 0.3) is 0 Å². The number of hydrogen-bond donors (Lipinski definition) is 0. The highest BCUT2D eigenvalue weighted by atomic mass is 19.4. The summed E-state index contributed by atoms with van der Waals surface area (Å²) in [6.07, 6.45) is -2.97. The van der Waals surface area contributed by atoms with Crippen molar-refractivity contribution in [2.75, 3.05) is 18.1 Å². The van der Waals surface area contributed by atoms with Crippen molar-refractivity contribution in [3.63, 3.8) is 0 Å². The summed E-state index contributed by atoms with van der Waals surface area (Å²) in [5.41, 5.74) is 0.380. The van der Waals surface area contributed by atoms with Gasteiger partial charge in [0.25, 0.3) is 0 Å². The second-order valence-electron chi connectivity index (χ2n) is 4.71. The average Bonchev–Trinajstić information content (AvgIpc) is 2.42. The molecule has 0 aliphatic carbocycles. The molecule has 1 heterocycles. The molecule has 1 aliphatic rings. The second-order valence-corrected chi connectivity index (χ2v) is 4.71. The maximum absolute atomic E-state index is 12.7. The molecule has 0 saturated carbocycles. The Kier molecular flexibility index (Phi) is 4.20. The number of nitrogens with zero attached hydrogens (tertiary/aromatic N) is 1. The third kappa shape index (κ3) is 3.05. The number of carbonyl (C=O) groups is 1. The fourth-order valence-corrected chi connectivity index (χ4v) is 2.23. The SMILES string of the molecule is CCCOC(=O)N1CCCc2cc(C(F)(F)F)ccc21. The first-order chi connectivity index (χ1) is 9.43. The van der Waals surface area contributed by atoms with Crippen LogP contribution in [0.2, 0.25) is 0 Å². The number of amides is 1. The third-order valence-electron chi connectivity index (χ3n) is 3.18. The number of hydrogen-bond acceptors (Lipinski definition) is 2. The number of benzene rings is 1. The molecule has 0 saturated heterocycles. The number of rotatable bonds is 2. The van der Waals surface area contributed by atoms with E-state index in [0.29, 0.717) is 43.7 Å². The lowest BCUT2D eigenvalue weighted by atomic mass is 9.99. The van der Waals surface area contributed by atoms with E-state index < -0.39 is 17.8 Å². The van der Waals surface area contributed by atoms with Gasteiger partial charge in [-0.05, 0) is 43.0 Å². The summed E-state index contributed by atoms with van der Waals surface area (Å²) in [4.78, 5) is 13.3. The highest BCUT2D eigenvalue weighted by Crippen LogP contribution is 2.35. The van der Waals surface area contributed by atoms with Gasteiger partial charge in [-0.3, -0.25) is 4.90 Å². The van der Waals surface area contributed by atoms with Gasteiger partial charge < -0.3 is 4.74 Å². The molecule has 1 aromatic carbocycles. The molecule has 1 aromatic rings. The van der Waals surface area contributed by atoms with Gasteiger partial charge in [0.1, 0.15) is 0 Å². The van der Waals surface area contributed by atoms with E-state index in [1.807, 2.05) is 6.92 Å². The minimum absolute atomic E-state index is 0.311. The van der Waals surface area contributed by atoms with Crippen molar-refractivity contribution >= 4 is 11.8 Å². The summed E-state index contributed by atoms with van der Waals surface area (Å²) < 4.78 is 43.1. The molecule has 0 radical (unpaired) electrons. The van der Waals surface area contributed by atoms with E-state index in [2.05, 4.69) is 0 Å². The molecule has 0 spiro atoms. The van der Waals surface area contributed by atoms with Gasteiger partial charge in [-0.25, -0.2) is 4.79 Å². The van der Waals surface area contributed by atoms with E-state index >= 15 is 0 Å². The summed E-state index contributed by atoms with van der Waals surface area (Å²) in [5, 5.41) is 0. The zero-order valence-electron chi connectivity index (χ0n) is 11.2. The maximum Gasteiger partial charge on any atom is 0.416 e. The Balaban J connectivity index is 2.26.